The van der Waals surface area contributed by atoms with Crippen molar-refractivity contribution in [3.05, 3.63) is 48.0 Å². The summed E-state index contributed by atoms with van der Waals surface area (Å²) in [5.41, 5.74) is 2.49. The first-order chi connectivity index (χ1) is 6.43. The van der Waals surface area contributed by atoms with E-state index in [1.807, 2.05) is 12.3 Å². The lowest BCUT2D eigenvalue weighted by molar-refractivity contribution is 1.38. The second-order valence-corrected chi connectivity index (χ2v) is 3.51. The summed E-state index contributed by atoms with van der Waals surface area (Å²) in [5.74, 6) is 1.59. The molecule has 63 valence electrons. The maximum absolute atomic E-state index is 4.29. The highest BCUT2D eigenvalue weighted by atomic mass is 14.6. The Bertz CT molecular complexity index is 444. The average Bonchev–Trinajstić information content (AvgIpc) is 3.00. The van der Waals surface area contributed by atoms with Gasteiger partial charge in [-0.05, 0) is 36.6 Å². The quantitative estimate of drug-likeness (QED) is 0.638. The van der Waals surface area contributed by atoms with Gasteiger partial charge in [0.25, 0.3) is 0 Å². The SMILES string of the molecule is c1cnc2ccc([C]3CC3)cc2c1. The minimum atomic E-state index is 1.09. The Morgan fingerprint density at radius 2 is 2.00 bits per heavy atom. The van der Waals surface area contributed by atoms with Crippen LogP contribution in [0.25, 0.3) is 10.9 Å². The number of hydrogen-bond donors (Lipinski definition) is 0. The van der Waals surface area contributed by atoms with Gasteiger partial charge in [-0.3, -0.25) is 4.98 Å². The van der Waals surface area contributed by atoms with Gasteiger partial charge in [-0.2, -0.15) is 0 Å². The summed E-state index contributed by atoms with van der Waals surface area (Å²) >= 11 is 0. The zero-order valence-corrected chi connectivity index (χ0v) is 7.33. The molecular formula is C12H10N. The minimum absolute atomic E-state index is 1.09. The van der Waals surface area contributed by atoms with Crippen molar-refractivity contribution in [1.29, 1.82) is 0 Å². The summed E-state index contributed by atoms with van der Waals surface area (Å²) in [6.45, 7) is 0. The highest BCUT2D eigenvalue weighted by molar-refractivity contribution is 5.79. The van der Waals surface area contributed by atoms with Crippen LogP contribution in [-0.4, -0.2) is 4.98 Å². The number of aromatic nitrogens is 1. The van der Waals surface area contributed by atoms with Gasteiger partial charge < -0.3 is 0 Å². The number of benzene rings is 1. The Hall–Kier alpha value is -1.37. The molecule has 1 aliphatic rings. The first-order valence-electron chi connectivity index (χ1n) is 4.63. The van der Waals surface area contributed by atoms with E-state index >= 15 is 0 Å². The smallest absolute Gasteiger partial charge is 0.0702 e. The molecule has 1 aliphatic carbocycles. The van der Waals surface area contributed by atoms with Crippen molar-refractivity contribution in [3.8, 4) is 0 Å². The van der Waals surface area contributed by atoms with Crippen LogP contribution >= 0.6 is 0 Å². The van der Waals surface area contributed by atoms with E-state index in [1.165, 1.54) is 23.8 Å². The summed E-state index contributed by atoms with van der Waals surface area (Å²) in [5, 5.41) is 1.25. The lowest BCUT2D eigenvalue weighted by atomic mass is 10.1. The molecular weight excluding hydrogens is 158 g/mol. The largest absolute Gasteiger partial charge is 0.256 e. The van der Waals surface area contributed by atoms with Crippen LogP contribution in [0.2, 0.25) is 0 Å². The van der Waals surface area contributed by atoms with Crippen molar-refractivity contribution in [1.82, 2.24) is 4.98 Å². The predicted molar refractivity (Wildman–Crippen MR) is 53.3 cm³/mol. The number of hydrogen-bond acceptors (Lipinski definition) is 1. The number of fused-ring (bicyclic) bond motifs is 1. The van der Waals surface area contributed by atoms with Crippen LogP contribution in [0.1, 0.15) is 18.4 Å². The van der Waals surface area contributed by atoms with Crippen LogP contribution in [0, 0.1) is 5.92 Å². The van der Waals surface area contributed by atoms with Crippen molar-refractivity contribution < 1.29 is 0 Å². The summed E-state index contributed by atoms with van der Waals surface area (Å²) in [7, 11) is 0. The van der Waals surface area contributed by atoms with Crippen molar-refractivity contribution in [2.45, 2.75) is 12.8 Å². The van der Waals surface area contributed by atoms with Crippen LogP contribution in [0.15, 0.2) is 36.5 Å². The molecule has 0 N–H and O–H groups in total. The minimum Gasteiger partial charge on any atom is -0.256 e. The highest BCUT2D eigenvalue weighted by Gasteiger charge is 2.24. The van der Waals surface area contributed by atoms with E-state index < -0.39 is 0 Å². The number of rotatable bonds is 1. The molecule has 1 heteroatoms. The first kappa shape index (κ1) is 7.07. The first-order valence-corrected chi connectivity index (χ1v) is 4.63. The van der Waals surface area contributed by atoms with E-state index in [0.29, 0.717) is 0 Å². The molecule has 1 radical (unpaired) electrons. The molecule has 1 aromatic carbocycles. The number of nitrogens with zero attached hydrogens (tertiary/aromatic N) is 1. The Morgan fingerprint density at radius 1 is 1.08 bits per heavy atom. The summed E-state index contributed by atoms with van der Waals surface area (Å²) in [6, 6.07) is 10.6. The van der Waals surface area contributed by atoms with Gasteiger partial charge in [0.2, 0.25) is 0 Å². The molecule has 2 aromatic rings. The molecule has 0 amide bonds. The zero-order chi connectivity index (χ0) is 8.67. The zero-order valence-electron chi connectivity index (χ0n) is 7.33. The fourth-order valence-electron chi connectivity index (χ4n) is 1.65. The molecule has 1 heterocycles. The maximum Gasteiger partial charge on any atom is 0.0702 e. The standard InChI is InChI=1S/C12H10N/c1-2-11-8-10(9-3-4-9)5-6-12(11)13-7-1/h1-2,5-8H,3-4H2. The third-order valence-electron chi connectivity index (χ3n) is 2.51. The summed E-state index contributed by atoms with van der Waals surface area (Å²) in [4.78, 5) is 4.29. The second-order valence-electron chi connectivity index (χ2n) is 3.51. The monoisotopic (exact) mass is 168 g/mol. The molecule has 0 unspecified atom stereocenters. The Morgan fingerprint density at radius 3 is 2.85 bits per heavy atom. The fourth-order valence-corrected chi connectivity index (χ4v) is 1.65. The molecule has 13 heavy (non-hydrogen) atoms. The third kappa shape index (κ3) is 1.21. The van der Waals surface area contributed by atoms with Crippen molar-refractivity contribution in [2.75, 3.05) is 0 Å². The normalized spacial score (nSPS) is 16.3. The lowest BCUT2D eigenvalue weighted by Gasteiger charge is -1.99. The Balaban J connectivity index is 2.21. The van der Waals surface area contributed by atoms with Crippen molar-refractivity contribution in [2.24, 2.45) is 0 Å². The van der Waals surface area contributed by atoms with Crippen LogP contribution in [0.3, 0.4) is 0 Å². The van der Waals surface area contributed by atoms with Gasteiger partial charge in [0.1, 0.15) is 0 Å². The van der Waals surface area contributed by atoms with E-state index in [4.69, 9.17) is 0 Å². The van der Waals surface area contributed by atoms with Crippen LogP contribution in [0.5, 0.6) is 0 Å². The highest BCUT2D eigenvalue weighted by Crippen LogP contribution is 2.39. The van der Waals surface area contributed by atoms with Gasteiger partial charge in [-0.15, -0.1) is 0 Å². The second kappa shape index (κ2) is 2.56. The maximum atomic E-state index is 4.29. The molecule has 0 saturated heterocycles. The van der Waals surface area contributed by atoms with E-state index in [1.54, 1.807) is 5.92 Å². The van der Waals surface area contributed by atoms with E-state index in [0.717, 1.165) is 5.52 Å². The molecule has 0 atom stereocenters. The van der Waals surface area contributed by atoms with Gasteiger partial charge >= 0.3 is 0 Å². The van der Waals surface area contributed by atoms with Crippen molar-refractivity contribution in [3.63, 3.8) is 0 Å². The van der Waals surface area contributed by atoms with Gasteiger partial charge in [-0.25, -0.2) is 0 Å². The molecule has 3 rings (SSSR count). The average molecular weight is 168 g/mol. The third-order valence-corrected chi connectivity index (χ3v) is 2.51. The fraction of sp³-hybridized carbons (Fsp3) is 0.167. The predicted octanol–water partition coefficient (Wildman–Crippen LogP) is 2.95. The van der Waals surface area contributed by atoms with Gasteiger partial charge in [0.05, 0.1) is 5.52 Å². The van der Waals surface area contributed by atoms with E-state index in [9.17, 15) is 0 Å². The van der Waals surface area contributed by atoms with E-state index in [2.05, 4.69) is 29.2 Å². The molecule has 0 aliphatic heterocycles. The van der Waals surface area contributed by atoms with Gasteiger partial charge in [0.15, 0.2) is 0 Å². The lowest BCUT2D eigenvalue weighted by Crippen LogP contribution is -1.82. The molecule has 0 bridgehead atoms. The Labute approximate surface area is 77.4 Å². The Kier molecular flexibility index (Phi) is 1.39. The van der Waals surface area contributed by atoms with Crippen LogP contribution in [-0.2, 0) is 0 Å². The molecule has 1 aromatic heterocycles. The molecule has 1 fully saturated rings. The molecule has 1 nitrogen and oxygen atoms in total. The van der Waals surface area contributed by atoms with Crippen molar-refractivity contribution >= 4 is 10.9 Å². The van der Waals surface area contributed by atoms with Crippen LogP contribution < -0.4 is 0 Å². The van der Waals surface area contributed by atoms with Crippen LogP contribution in [0.4, 0.5) is 0 Å². The molecule has 0 spiro atoms. The summed E-state index contributed by atoms with van der Waals surface area (Å²) in [6.07, 6.45) is 4.41. The number of pyridine rings is 1. The van der Waals surface area contributed by atoms with E-state index in [-0.39, 0.29) is 0 Å². The topological polar surface area (TPSA) is 12.9 Å². The molecule has 1 saturated carbocycles. The van der Waals surface area contributed by atoms with Gasteiger partial charge in [0, 0.05) is 17.5 Å². The van der Waals surface area contributed by atoms with Gasteiger partial charge in [-0.1, -0.05) is 12.1 Å². The summed E-state index contributed by atoms with van der Waals surface area (Å²) < 4.78 is 0.